The topological polar surface area (TPSA) is 18.5 Å². The van der Waals surface area contributed by atoms with E-state index in [0.29, 0.717) is 0 Å². The monoisotopic (exact) mass is 373 g/mol. The molecule has 2 aromatic carbocycles. The highest BCUT2D eigenvalue weighted by Crippen LogP contribution is 2.34. The number of benzene rings is 2. The summed E-state index contributed by atoms with van der Waals surface area (Å²) in [6.07, 6.45) is 6.84. The summed E-state index contributed by atoms with van der Waals surface area (Å²) in [4.78, 5) is 4.83. The van der Waals surface area contributed by atoms with Crippen LogP contribution >= 0.6 is 0 Å². The summed E-state index contributed by atoms with van der Waals surface area (Å²) in [5.74, 6) is 0. The molecule has 0 radical (unpaired) electrons. The smallest absolute Gasteiger partial charge is 0.0439 e. The Bertz CT molecular complexity index is 910. The first kappa shape index (κ1) is 18.7. The van der Waals surface area contributed by atoms with Crippen molar-refractivity contribution in [1.82, 2.24) is 5.32 Å². The lowest BCUT2D eigenvalue weighted by Crippen LogP contribution is -2.23. The number of hydrogen-bond donors (Lipinski definition) is 1. The van der Waals surface area contributed by atoms with Crippen LogP contribution in [0.4, 0.5) is 11.4 Å². The van der Waals surface area contributed by atoms with E-state index in [-0.39, 0.29) is 0 Å². The number of rotatable bonds is 6. The van der Waals surface area contributed by atoms with Crippen LogP contribution in [0.1, 0.15) is 30.9 Å². The van der Waals surface area contributed by atoms with E-state index in [1.807, 2.05) is 0 Å². The molecule has 0 unspecified atom stereocenters. The van der Waals surface area contributed by atoms with Gasteiger partial charge in [0, 0.05) is 50.5 Å². The lowest BCUT2D eigenvalue weighted by molar-refractivity contribution is 0.891. The molecular formula is C25H31N3. The number of fused-ring (bicyclic) bond motifs is 1. The maximum atomic E-state index is 3.51. The van der Waals surface area contributed by atoms with Gasteiger partial charge in [-0.05, 0) is 60.1 Å². The average Bonchev–Trinajstić information content (AvgIpc) is 3.32. The molecule has 4 rings (SSSR count). The van der Waals surface area contributed by atoms with E-state index >= 15 is 0 Å². The van der Waals surface area contributed by atoms with Crippen LogP contribution in [0.25, 0.3) is 0 Å². The third-order valence-electron chi connectivity index (χ3n) is 6.07. The molecule has 1 aliphatic carbocycles. The van der Waals surface area contributed by atoms with Crippen LogP contribution in [-0.4, -0.2) is 27.2 Å². The van der Waals surface area contributed by atoms with Gasteiger partial charge in [0.25, 0.3) is 0 Å². The third-order valence-corrected chi connectivity index (χ3v) is 6.07. The molecule has 0 saturated carbocycles. The molecule has 1 N–H and O–H groups in total. The zero-order valence-corrected chi connectivity index (χ0v) is 17.3. The van der Waals surface area contributed by atoms with Gasteiger partial charge < -0.3 is 15.1 Å². The standard InChI is InChI=1S/C25H31N3/c1-4-19-9-5-7-11-23(19)27(3)17-21-13-14-22(25(21)26-2)18-28-16-15-20-10-6-8-12-24(20)28/h5-12,18,26H,4,13-17H2,1-3H3/b22-18+. The first-order valence-electron chi connectivity index (χ1n) is 10.5. The quantitative estimate of drug-likeness (QED) is 0.777. The highest BCUT2D eigenvalue weighted by atomic mass is 15.1. The molecule has 1 heterocycles. The minimum atomic E-state index is 0.973. The molecule has 0 bridgehead atoms. The molecule has 0 saturated heterocycles. The SMILES string of the molecule is CCc1ccccc1N(C)CC1=C(NC)/C(=C/N2CCc3ccccc32)CC1. The second-order valence-corrected chi connectivity index (χ2v) is 7.79. The third kappa shape index (κ3) is 3.54. The Hall–Kier alpha value is -2.68. The van der Waals surface area contributed by atoms with Crippen LogP contribution < -0.4 is 15.1 Å². The predicted octanol–water partition coefficient (Wildman–Crippen LogP) is 4.90. The number of allylic oxidation sites excluding steroid dienone is 1. The van der Waals surface area contributed by atoms with Gasteiger partial charge in [-0.25, -0.2) is 0 Å². The minimum Gasteiger partial charge on any atom is -0.388 e. The highest BCUT2D eigenvalue weighted by Gasteiger charge is 2.23. The van der Waals surface area contributed by atoms with E-state index < -0.39 is 0 Å². The Balaban J connectivity index is 1.56. The van der Waals surface area contributed by atoms with Crippen molar-refractivity contribution in [2.45, 2.75) is 32.6 Å². The predicted molar refractivity (Wildman–Crippen MR) is 120 cm³/mol. The number of aryl methyl sites for hydroxylation is 1. The summed E-state index contributed by atoms with van der Waals surface area (Å²) in [5.41, 5.74) is 9.88. The summed E-state index contributed by atoms with van der Waals surface area (Å²) in [5, 5.41) is 3.51. The van der Waals surface area contributed by atoms with E-state index in [4.69, 9.17) is 0 Å². The summed E-state index contributed by atoms with van der Waals surface area (Å²) in [6, 6.07) is 17.5. The Labute approximate surface area is 169 Å². The van der Waals surface area contributed by atoms with Crippen molar-refractivity contribution in [3.63, 3.8) is 0 Å². The van der Waals surface area contributed by atoms with Crippen molar-refractivity contribution in [1.29, 1.82) is 0 Å². The van der Waals surface area contributed by atoms with Crippen molar-refractivity contribution >= 4 is 11.4 Å². The Morgan fingerprint density at radius 1 is 1.04 bits per heavy atom. The van der Waals surface area contributed by atoms with Crippen molar-refractivity contribution in [2.24, 2.45) is 0 Å². The normalized spacial score (nSPS) is 17.4. The van der Waals surface area contributed by atoms with Gasteiger partial charge in [0.05, 0.1) is 0 Å². The van der Waals surface area contributed by atoms with Crippen LogP contribution in [0.2, 0.25) is 0 Å². The molecule has 3 nitrogen and oxygen atoms in total. The number of hydrogen-bond acceptors (Lipinski definition) is 3. The molecular weight excluding hydrogens is 342 g/mol. The number of nitrogens with one attached hydrogen (secondary N) is 1. The summed E-state index contributed by atoms with van der Waals surface area (Å²) in [6.45, 7) is 4.29. The van der Waals surface area contributed by atoms with Gasteiger partial charge in [-0.3, -0.25) is 0 Å². The number of para-hydroxylation sites is 2. The molecule has 1 aliphatic heterocycles. The maximum absolute atomic E-state index is 3.51. The first-order chi connectivity index (χ1) is 13.7. The first-order valence-corrected chi connectivity index (χ1v) is 10.5. The summed E-state index contributed by atoms with van der Waals surface area (Å²) >= 11 is 0. The van der Waals surface area contributed by atoms with Crippen molar-refractivity contribution in [3.05, 3.63) is 82.7 Å². The van der Waals surface area contributed by atoms with Gasteiger partial charge in [-0.15, -0.1) is 0 Å². The van der Waals surface area contributed by atoms with Crippen LogP contribution in [0.15, 0.2) is 71.6 Å². The van der Waals surface area contributed by atoms with Gasteiger partial charge in [-0.1, -0.05) is 43.3 Å². The molecule has 2 aromatic rings. The minimum absolute atomic E-state index is 0.973. The van der Waals surface area contributed by atoms with Crippen molar-refractivity contribution in [2.75, 3.05) is 37.0 Å². The molecule has 2 aliphatic rings. The molecule has 146 valence electrons. The molecule has 28 heavy (non-hydrogen) atoms. The number of nitrogens with zero attached hydrogens (tertiary/aromatic N) is 2. The zero-order chi connectivity index (χ0) is 19.5. The van der Waals surface area contributed by atoms with E-state index in [1.54, 1.807) is 0 Å². The maximum Gasteiger partial charge on any atom is 0.0439 e. The zero-order valence-electron chi connectivity index (χ0n) is 17.3. The van der Waals surface area contributed by atoms with Crippen LogP contribution in [0.5, 0.6) is 0 Å². The average molecular weight is 374 g/mol. The molecule has 0 atom stereocenters. The molecule has 0 fully saturated rings. The Kier molecular flexibility index (Phi) is 5.43. The Morgan fingerprint density at radius 2 is 1.82 bits per heavy atom. The van der Waals surface area contributed by atoms with E-state index in [2.05, 4.69) is 90.9 Å². The molecule has 0 spiro atoms. The van der Waals surface area contributed by atoms with Gasteiger partial charge in [-0.2, -0.15) is 0 Å². The second kappa shape index (κ2) is 8.14. The number of likely N-dealkylation sites (N-methyl/N-ethyl adjacent to an activating group) is 2. The van der Waals surface area contributed by atoms with Crippen molar-refractivity contribution < 1.29 is 0 Å². The largest absolute Gasteiger partial charge is 0.388 e. The Morgan fingerprint density at radius 3 is 2.64 bits per heavy atom. The van der Waals surface area contributed by atoms with E-state index in [9.17, 15) is 0 Å². The van der Waals surface area contributed by atoms with Crippen molar-refractivity contribution in [3.8, 4) is 0 Å². The fourth-order valence-electron chi connectivity index (χ4n) is 4.63. The van der Waals surface area contributed by atoms with Gasteiger partial charge in [0.1, 0.15) is 0 Å². The summed E-state index contributed by atoms with van der Waals surface area (Å²) in [7, 11) is 4.28. The van der Waals surface area contributed by atoms with Crippen LogP contribution in [0.3, 0.4) is 0 Å². The van der Waals surface area contributed by atoms with Gasteiger partial charge in [0.2, 0.25) is 0 Å². The molecule has 0 aromatic heterocycles. The molecule has 0 amide bonds. The van der Waals surface area contributed by atoms with E-state index in [0.717, 1.165) is 38.8 Å². The van der Waals surface area contributed by atoms with Crippen LogP contribution in [0, 0.1) is 0 Å². The van der Waals surface area contributed by atoms with Crippen LogP contribution in [-0.2, 0) is 12.8 Å². The summed E-state index contributed by atoms with van der Waals surface area (Å²) < 4.78 is 0. The number of anilines is 2. The van der Waals surface area contributed by atoms with Gasteiger partial charge in [0.15, 0.2) is 0 Å². The lowest BCUT2D eigenvalue weighted by Gasteiger charge is -2.23. The fourth-order valence-corrected chi connectivity index (χ4v) is 4.63. The highest BCUT2D eigenvalue weighted by molar-refractivity contribution is 5.62. The second-order valence-electron chi connectivity index (χ2n) is 7.79. The fraction of sp³-hybridized carbons (Fsp3) is 0.360. The van der Waals surface area contributed by atoms with E-state index in [1.165, 1.54) is 39.3 Å². The molecule has 3 heteroatoms. The lowest BCUT2D eigenvalue weighted by atomic mass is 10.1. The van der Waals surface area contributed by atoms with Gasteiger partial charge >= 0.3 is 0 Å².